The van der Waals surface area contributed by atoms with Crippen LogP contribution in [0.4, 0.5) is 0 Å². The predicted octanol–water partition coefficient (Wildman–Crippen LogP) is 7.11. The molecule has 0 amide bonds. The number of allylic oxidation sites excluding steroid dienone is 3. The first-order chi connectivity index (χ1) is 14.9. The van der Waals surface area contributed by atoms with Crippen LogP contribution < -0.4 is 4.74 Å². The highest BCUT2D eigenvalue weighted by Crippen LogP contribution is 2.30. The molecule has 3 atom stereocenters. The van der Waals surface area contributed by atoms with E-state index in [1.807, 2.05) is 12.1 Å². The molecule has 3 unspecified atom stereocenters. The standard InChI is InChI=1S/C27H42O4/c1-6-7-8-12-23-19-24(15-13-22-14-16-25(28)26(18-22)29-5)31-27(30-23)17-21(4)11-9-10-20(2)3/h10,14,16-18,23-24,27-28H,6-9,11-13,15,19H2,1-5H3/b21-17+. The maximum atomic E-state index is 9.82. The molecule has 1 N–H and O–H groups in total. The number of hydrogen-bond acceptors (Lipinski definition) is 4. The third kappa shape index (κ3) is 9.49. The zero-order valence-corrected chi connectivity index (χ0v) is 20.2. The summed E-state index contributed by atoms with van der Waals surface area (Å²) >= 11 is 0. The van der Waals surface area contributed by atoms with Crippen molar-refractivity contribution in [1.29, 1.82) is 0 Å². The van der Waals surface area contributed by atoms with Gasteiger partial charge in [0.25, 0.3) is 0 Å². The second kappa shape index (κ2) is 13.6. The molecule has 1 fully saturated rings. The van der Waals surface area contributed by atoms with E-state index >= 15 is 0 Å². The van der Waals surface area contributed by atoms with Gasteiger partial charge in [-0.2, -0.15) is 0 Å². The monoisotopic (exact) mass is 430 g/mol. The van der Waals surface area contributed by atoms with Gasteiger partial charge in [0.15, 0.2) is 17.8 Å². The number of unbranched alkanes of at least 4 members (excludes halogenated alkanes) is 2. The number of benzene rings is 1. The highest BCUT2D eigenvalue weighted by molar-refractivity contribution is 5.41. The Morgan fingerprint density at radius 1 is 1.13 bits per heavy atom. The van der Waals surface area contributed by atoms with E-state index in [-0.39, 0.29) is 24.2 Å². The number of aromatic hydroxyl groups is 1. The molecule has 0 spiro atoms. The topological polar surface area (TPSA) is 47.9 Å². The molecular weight excluding hydrogens is 388 g/mol. The molecule has 4 heteroatoms. The fourth-order valence-corrected chi connectivity index (χ4v) is 4.00. The summed E-state index contributed by atoms with van der Waals surface area (Å²) in [5, 5.41) is 9.82. The van der Waals surface area contributed by atoms with Crippen molar-refractivity contribution >= 4 is 0 Å². The van der Waals surface area contributed by atoms with E-state index in [0.717, 1.165) is 44.1 Å². The summed E-state index contributed by atoms with van der Waals surface area (Å²) in [5.74, 6) is 0.703. The summed E-state index contributed by atoms with van der Waals surface area (Å²) in [4.78, 5) is 0. The van der Waals surface area contributed by atoms with Gasteiger partial charge in [0.2, 0.25) is 0 Å². The van der Waals surface area contributed by atoms with Gasteiger partial charge in [0.05, 0.1) is 19.3 Å². The smallest absolute Gasteiger partial charge is 0.177 e. The average Bonchev–Trinajstić information content (AvgIpc) is 2.73. The predicted molar refractivity (Wildman–Crippen MR) is 128 cm³/mol. The maximum Gasteiger partial charge on any atom is 0.177 e. The Hall–Kier alpha value is -1.78. The summed E-state index contributed by atoms with van der Waals surface area (Å²) in [7, 11) is 1.58. The molecule has 2 rings (SSSR count). The van der Waals surface area contributed by atoms with E-state index in [9.17, 15) is 5.11 Å². The summed E-state index contributed by atoms with van der Waals surface area (Å²) in [6.45, 7) is 8.69. The molecule has 1 aliphatic rings. The molecular formula is C27H42O4. The van der Waals surface area contributed by atoms with Crippen molar-refractivity contribution in [3.8, 4) is 11.5 Å². The molecule has 1 aliphatic heterocycles. The third-order valence-corrected chi connectivity index (χ3v) is 5.82. The lowest BCUT2D eigenvalue weighted by Gasteiger charge is -2.35. The number of rotatable bonds is 12. The number of methoxy groups -OCH3 is 1. The summed E-state index contributed by atoms with van der Waals surface area (Å²) in [5.41, 5.74) is 3.83. The second-order valence-corrected chi connectivity index (χ2v) is 8.99. The molecule has 1 heterocycles. The Kier molecular flexibility index (Phi) is 11.2. The molecule has 1 saturated heterocycles. The summed E-state index contributed by atoms with van der Waals surface area (Å²) in [6, 6.07) is 5.58. The quantitative estimate of drug-likeness (QED) is 0.284. The van der Waals surface area contributed by atoms with Crippen molar-refractivity contribution in [2.75, 3.05) is 7.11 Å². The van der Waals surface area contributed by atoms with Crippen molar-refractivity contribution in [3.05, 3.63) is 47.1 Å². The van der Waals surface area contributed by atoms with Crippen LogP contribution in [0, 0.1) is 0 Å². The molecule has 0 saturated carbocycles. The molecule has 0 aromatic heterocycles. The first-order valence-electron chi connectivity index (χ1n) is 11.9. The van der Waals surface area contributed by atoms with E-state index in [1.165, 1.54) is 30.4 Å². The summed E-state index contributed by atoms with van der Waals surface area (Å²) in [6.07, 6.45) is 14.3. The number of ether oxygens (including phenoxy) is 3. The van der Waals surface area contributed by atoms with E-state index in [2.05, 4.69) is 39.8 Å². The molecule has 0 aliphatic carbocycles. The van der Waals surface area contributed by atoms with Crippen LogP contribution in [0.2, 0.25) is 0 Å². The van der Waals surface area contributed by atoms with Crippen LogP contribution in [0.1, 0.15) is 84.6 Å². The second-order valence-electron chi connectivity index (χ2n) is 8.99. The lowest BCUT2D eigenvalue weighted by Crippen LogP contribution is -2.37. The van der Waals surface area contributed by atoms with E-state index in [1.54, 1.807) is 13.2 Å². The Labute approximate surface area is 189 Å². The Balaban J connectivity index is 1.99. The zero-order chi connectivity index (χ0) is 22.6. The first kappa shape index (κ1) is 25.5. The SMILES string of the molecule is CCCCCC1CC(CCc2ccc(O)c(OC)c2)OC(/C=C(\C)CCC=C(C)C)O1. The zero-order valence-electron chi connectivity index (χ0n) is 20.2. The van der Waals surface area contributed by atoms with Gasteiger partial charge in [-0.15, -0.1) is 0 Å². The van der Waals surface area contributed by atoms with Crippen LogP contribution in [-0.4, -0.2) is 30.7 Å². The Morgan fingerprint density at radius 3 is 2.55 bits per heavy atom. The van der Waals surface area contributed by atoms with Crippen molar-refractivity contribution < 1.29 is 19.3 Å². The molecule has 4 nitrogen and oxygen atoms in total. The van der Waals surface area contributed by atoms with E-state index < -0.39 is 0 Å². The molecule has 0 radical (unpaired) electrons. The lowest BCUT2D eigenvalue weighted by molar-refractivity contribution is -0.222. The molecule has 1 aromatic carbocycles. The molecule has 174 valence electrons. The van der Waals surface area contributed by atoms with Crippen LogP contribution in [0.3, 0.4) is 0 Å². The minimum Gasteiger partial charge on any atom is -0.504 e. The minimum atomic E-state index is -0.258. The third-order valence-electron chi connectivity index (χ3n) is 5.82. The van der Waals surface area contributed by atoms with Gasteiger partial charge in [0.1, 0.15) is 0 Å². The van der Waals surface area contributed by atoms with Crippen LogP contribution >= 0.6 is 0 Å². The normalized spacial score (nSPS) is 21.7. The van der Waals surface area contributed by atoms with Gasteiger partial charge >= 0.3 is 0 Å². The van der Waals surface area contributed by atoms with Gasteiger partial charge < -0.3 is 19.3 Å². The average molecular weight is 431 g/mol. The van der Waals surface area contributed by atoms with Crippen molar-refractivity contribution in [3.63, 3.8) is 0 Å². The van der Waals surface area contributed by atoms with Gasteiger partial charge in [-0.05, 0) is 76.6 Å². The van der Waals surface area contributed by atoms with E-state index in [0.29, 0.717) is 5.75 Å². The number of phenols is 1. The van der Waals surface area contributed by atoms with Gasteiger partial charge in [-0.25, -0.2) is 0 Å². The molecule has 0 bridgehead atoms. The van der Waals surface area contributed by atoms with Crippen LogP contribution in [0.5, 0.6) is 11.5 Å². The van der Waals surface area contributed by atoms with Crippen molar-refractivity contribution in [1.82, 2.24) is 0 Å². The highest BCUT2D eigenvalue weighted by atomic mass is 16.7. The Bertz CT molecular complexity index is 718. The number of hydrogen-bond donors (Lipinski definition) is 1. The van der Waals surface area contributed by atoms with Gasteiger partial charge in [-0.3, -0.25) is 0 Å². The largest absolute Gasteiger partial charge is 0.504 e. The maximum absolute atomic E-state index is 9.82. The summed E-state index contributed by atoms with van der Waals surface area (Å²) < 4.78 is 17.9. The van der Waals surface area contributed by atoms with Gasteiger partial charge in [-0.1, -0.05) is 49.5 Å². The van der Waals surface area contributed by atoms with Crippen molar-refractivity contribution in [2.45, 2.75) is 104 Å². The van der Waals surface area contributed by atoms with Crippen LogP contribution in [-0.2, 0) is 15.9 Å². The van der Waals surface area contributed by atoms with Crippen LogP contribution in [0.15, 0.2) is 41.5 Å². The highest BCUT2D eigenvalue weighted by Gasteiger charge is 2.28. The first-order valence-corrected chi connectivity index (χ1v) is 11.9. The number of phenolic OH excluding ortho intramolecular Hbond substituents is 1. The number of aryl methyl sites for hydroxylation is 1. The van der Waals surface area contributed by atoms with Gasteiger partial charge in [0, 0.05) is 6.42 Å². The minimum absolute atomic E-state index is 0.173. The fourth-order valence-electron chi connectivity index (χ4n) is 4.00. The Morgan fingerprint density at radius 2 is 1.87 bits per heavy atom. The molecule has 31 heavy (non-hydrogen) atoms. The van der Waals surface area contributed by atoms with Crippen molar-refractivity contribution in [2.24, 2.45) is 0 Å². The molecule has 1 aromatic rings. The van der Waals surface area contributed by atoms with E-state index in [4.69, 9.17) is 14.2 Å². The lowest BCUT2D eigenvalue weighted by atomic mass is 9.98. The fraction of sp³-hybridized carbons (Fsp3) is 0.630. The van der Waals surface area contributed by atoms with Crippen LogP contribution in [0.25, 0.3) is 0 Å².